The summed E-state index contributed by atoms with van der Waals surface area (Å²) >= 11 is 0. The number of ether oxygens (including phenoxy) is 2. The number of methoxy groups -OCH3 is 1. The van der Waals surface area contributed by atoms with Gasteiger partial charge in [0.2, 0.25) is 5.78 Å². The first-order chi connectivity index (χ1) is 14.0. The number of esters is 1. The van der Waals surface area contributed by atoms with Crippen LogP contribution in [0.3, 0.4) is 0 Å². The third-order valence-electron chi connectivity index (χ3n) is 4.63. The van der Waals surface area contributed by atoms with Crippen molar-refractivity contribution >= 4 is 17.8 Å². The number of alkyl halides is 3. The zero-order chi connectivity index (χ0) is 22.5. The number of aryl methyl sites for hydroxylation is 1. The molecule has 1 aromatic carbocycles. The molecule has 1 heterocycles. The molecule has 8 heteroatoms. The number of rotatable bonds is 8. The molecule has 0 aliphatic heterocycles. The summed E-state index contributed by atoms with van der Waals surface area (Å²) in [5, 5.41) is 0. The van der Waals surface area contributed by atoms with E-state index in [0.29, 0.717) is 17.7 Å². The van der Waals surface area contributed by atoms with Crippen LogP contribution in [-0.2, 0) is 20.4 Å². The highest BCUT2D eigenvalue weighted by atomic mass is 19.4. The van der Waals surface area contributed by atoms with E-state index in [2.05, 4.69) is 0 Å². The fourth-order valence-electron chi connectivity index (χ4n) is 3.26. The lowest BCUT2D eigenvalue weighted by atomic mass is 10.1. The molecule has 162 valence electrons. The monoisotopic (exact) mass is 423 g/mol. The average Bonchev–Trinajstić information content (AvgIpc) is 2.98. The minimum absolute atomic E-state index is 0.0470. The molecule has 0 unspecified atom stereocenters. The summed E-state index contributed by atoms with van der Waals surface area (Å²) in [5.74, 6) is -1.10. The fourth-order valence-corrected chi connectivity index (χ4v) is 3.26. The van der Waals surface area contributed by atoms with Gasteiger partial charge in [-0.05, 0) is 50.6 Å². The highest BCUT2D eigenvalue weighted by Gasteiger charge is 2.29. The topological polar surface area (TPSA) is 57.5 Å². The Balaban J connectivity index is 1.97. The second kappa shape index (κ2) is 9.75. The SMILES string of the molecule is COC[C@H](C)n1c(C)cc(C(=O)COC(=O)/C=C/c2ccc(C(F)(F)F)cc2)c1C. The van der Waals surface area contributed by atoms with Crippen LogP contribution in [0.1, 0.15) is 45.8 Å². The quantitative estimate of drug-likeness (QED) is 0.349. The van der Waals surface area contributed by atoms with E-state index in [1.54, 1.807) is 13.2 Å². The molecule has 0 saturated carbocycles. The first kappa shape index (κ1) is 23.4. The van der Waals surface area contributed by atoms with E-state index in [9.17, 15) is 22.8 Å². The van der Waals surface area contributed by atoms with Crippen LogP contribution in [0.2, 0.25) is 0 Å². The van der Waals surface area contributed by atoms with Crippen LogP contribution in [0.15, 0.2) is 36.4 Å². The van der Waals surface area contributed by atoms with E-state index in [1.165, 1.54) is 18.2 Å². The van der Waals surface area contributed by atoms with Crippen LogP contribution in [-0.4, -0.2) is 36.6 Å². The summed E-state index contributed by atoms with van der Waals surface area (Å²) in [4.78, 5) is 24.3. The standard InChI is InChI=1S/C22H24F3NO4/c1-14-11-19(16(3)26(14)15(2)12-29-4)20(27)13-30-21(28)10-7-17-5-8-18(9-6-17)22(23,24)25/h5-11,15H,12-13H2,1-4H3/b10-7+/t15-/m0/s1. The Kier molecular flexibility index (Phi) is 7.61. The highest BCUT2D eigenvalue weighted by molar-refractivity contribution is 6.00. The lowest BCUT2D eigenvalue weighted by Gasteiger charge is -2.17. The van der Waals surface area contributed by atoms with Crippen molar-refractivity contribution in [2.75, 3.05) is 20.3 Å². The number of halogens is 3. The Morgan fingerprint density at radius 2 is 1.80 bits per heavy atom. The largest absolute Gasteiger partial charge is 0.454 e. The number of aromatic nitrogens is 1. The molecule has 0 aliphatic carbocycles. The Morgan fingerprint density at radius 3 is 2.37 bits per heavy atom. The predicted molar refractivity (Wildman–Crippen MR) is 106 cm³/mol. The number of carbonyl (C=O) groups is 2. The van der Waals surface area contributed by atoms with Crippen molar-refractivity contribution < 1.29 is 32.2 Å². The van der Waals surface area contributed by atoms with Gasteiger partial charge in [0, 0.05) is 30.1 Å². The van der Waals surface area contributed by atoms with Crippen LogP contribution < -0.4 is 0 Å². The van der Waals surface area contributed by atoms with E-state index in [4.69, 9.17) is 9.47 Å². The highest BCUT2D eigenvalue weighted by Crippen LogP contribution is 2.29. The van der Waals surface area contributed by atoms with Crippen molar-refractivity contribution in [1.82, 2.24) is 4.57 Å². The van der Waals surface area contributed by atoms with Gasteiger partial charge in [-0.3, -0.25) is 4.79 Å². The molecule has 0 fully saturated rings. The fraction of sp³-hybridized carbons (Fsp3) is 0.364. The van der Waals surface area contributed by atoms with Crippen LogP contribution in [0, 0.1) is 13.8 Å². The first-order valence-electron chi connectivity index (χ1n) is 9.27. The lowest BCUT2D eigenvalue weighted by molar-refractivity contribution is -0.138. The van der Waals surface area contributed by atoms with Gasteiger partial charge in [-0.15, -0.1) is 0 Å². The number of Topliss-reactive ketones (excluding diaryl/α,β-unsaturated/α-hetero) is 1. The van der Waals surface area contributed by atoms with E-state index in [1.807, 2.05) is 25.3 Å². The van der Waals surface area contributed by atoms with Gasteiger partial charge in [0.25, 0.3) is 0 Å². The van der Waals surface area contributed by atoms with E-state index < -0.39 is 24.3 Å². The van der Waals surface area contributed by atoms with Gasteiger partial charge in [0.1, 0.15) is 0 Å². The van der Waals surface area contributed by atoms with Gasteiger partial charge in [0.05, 0.1) is 18.2 Å². The van der Waals surface area contributed by atoms with Gasteiger partial charge >= 0.3 is 12.1 Å². The number of benzene rings is 1. The normalized spacial score (nSPS) is 12.9. The Morgan fingerprint density at radius 1 is 1.17 bits per heavy atom. The van der Waals surface area contributed by atoms with Crippen molar-refractivity contribution in [1.29, 1.82) is 0 Å². The molecule has 1 aromatic heterocycles. The van der Waals surface area contributed by atoms with Gasteiger partial charge in [-0.25, -0.2) is 4.79 Å². The number of carbonyl (C=O) groups excluding carboxylic acids is 2. The zero-order valence-electron chi connectivity index (χ0n) is 17.2. The third kappa shape index (κ3) is 5.82. The average molecular weight is 423 g/mol. The summed E-state index contributed by atoms with van der Waals surface area (Å²) in [7, 11) is 1.61. The van der Waals surface area contributed by atoms with E-state index in [0.717, 1.165) is 29.6 Å². The molecular weight excluding hydrogens is 399 g/mol. The van der Waals surface area contributed by atoms with Crippen molar-refractivity contribution in [3.63, 3.8) is 0 Å². The molecule has 0 bridgehead atoms. The van der Waals surface area contributed by atoms with Crippen LogP contribution >= 0.6 is 0 Å². The maximum atomic E-state index is 12.6. The first-order valence-corrected chi connectivity index (χ1v) is 9.27. The summed E-state index contributed by atoms with van der Waals surface area (Å²) in [5.41, 5.74) is 1.76. The van der Waals surface area contributed by atoms with Crippen LogP contribution in [0.4, 0.5) is 13.2 Å². The maximum absolute atomic E-state index is 12.6. The molecule has 0 saturated heterocycles. The number of hydrogen-bond acceptors (Lipinski definition) is 4. The molecule has 0 spiro atoms. The molecule has 1 atom stereocenters. The van der Waals surface area contributed by atoms with Crippen molar-refractivity contribution in [2.24, 2.45) is 0 Å². The number of nitrogens with zero attached hydrogens (tertiary/aromatic N) is 1. The van der Waals surface area contributed by atoms with Crippen molar-refractivity contribution in [3.8, 4) is 0 Å². The Bertz CT molecular complexity index is 927. The van der Waals surface area contributed by atoms with Crippen molar-refractivity contribution in [2.45, 2.75) is 33.0 Å². The maximum Gasteiger partial charge on any atom is 0.416 e. The number of hydrogen-bond donors (Lipinski definition) is 0. The molecule has 0 aliphatic rings. The van der Waals surface area contributed by atoms with E-state index in [-0.39, 0.29) is 11.8 Å². The minimum Gasteiger partial charge on any atom is -0.454 e. The predicted octanol–water partition coefficient (Wildman–Crippen LogP) is 4.77. The molecular formula is C22H24F3NO4. The second-order valence-electron chi connectivity index (χ2n) is 6.94. The van der Waals surface area contributed by atoms with Crippen LogP contribution in [0.25, 0.3) is 6.08 Å². The Hall–Kier alpha value is -2.87. The van der Waals surface area contributed by atoms with Gasteiger partial charge in [-0.2, -0.15) is 13.2 Å². The van der Waals surface area contributed by atoms with E-state index >= 15 is 0 Å². The molecule has 2 aromatic rings. The molecule has 0 N–H and O–H groups in total. The number of ketones is 1. The van der Waals surface area contributed by atoms with Crippen LogP contribution in [0.5, 0.6) is 0 Å². The smallest absolute Gasteiger partial charge is 0.416 e. The molecule has 5 nitrogen and oxygen atoms in total. The lowest BCUT2D eigenvalue weighted by Crippen LogP contribution is -2.16. The van der Waals surface area contributed by atoms with Gasteiger partial charge in [-0.1, -0.05) is 12.1 Å². The molecule has 0 amide bonds. The zero-order valence-corrected chi connectivity index (χ0v) is 17.2. The molecule has 2 rings (SSSR count). The molecule has 0 radical (unpaired) electrons. The Labute approximate surface area is 173 Å². The summed E-state index contributed by atoms with van der Waals surface area (Å²) in [6, 6.07) is 6.13. The van der Waals surface area contributed by atoms with Crippen molar-refractivity contribution in [3.05, 3.63) is 64.5 Å². The van der Waals surface area contributed by atoms with Gasteiger partial charge < -0.3 is 14.0 Å². The summed E-state index contributed by atoms with van der Waals surface area (Å²) in [6.45, 7) is 5.74. The minimum atomic E-state index is -4.42. The van der Waals surface area contributed by atoms with Gasteiger partial charge in [0.15, 0.2) is 6.61 Å². The second-order valence-corrected chi connectivity index (χ2v) is 6.94. The summed E-state index contributed by atoms with van der Waals surface area (Å²) < 4.78 is 49.8. The third-order valence-corrected chi connectivity index (χ3v) is 4.63. The molecule has 30 heavy (non-hydrogen) atoms. The summed E-state index contributed by atoms with van der Waals surface area (Å²) in [6.07, 6.45) is -2.02.